The van der Waals surface area contributed by atoms with Gasteiger partial charge in [0.25, 0.3) is 0 Å². The summed E-state index contributed by atoms with van der Waals surface area (Å²) in [6.45, 7) is 12.3. The minimum absolute atomic E-state index is 0.0727. The van der Waals surface area contributed by atoms with Gasteiger partial charge in [-0.05, 0) is 39.7 Å². The molecule has 2 N–H and O–H groups in total. The molecule has 2 aliphatic heterocycles. The maximum atomic E-state index is 12.1. The zero-order valence-electron chi connectivity index (χ0n) is 16.7. The Morgan fingerprint density at radius 1 is 1.20 bits per heavy atom. The highest BCUT2D eigenvalue weighted by Gasteiger charge is 2.28. The summed E-state index contributed by atoms with van der Waals surface area (Å²) in [4.78, 5) is 21.0. The molecule has 6 nitrogen and oxygen atoms in total. The van der Waals surface area contributed by atoms with Crippen LogP contribution < -0.4 is 10.6 Å². The number of carbonyl (C=O) groups is 1. The highest BCUT2D eigenvalue weighted by atomic mass is 16.2. The summed E-state index contributed by atoms with van der Waals surface area (Å²) in [5.41, 5.74) is 0. The smallest absolute Gasteiger partial charge is 0.225 e. The molecule has 0 aromatic heterocycles. The van der Waals surface area contributed by atoms with Gasteiger partial charge in [-0.15, -0.1) is 0 Å². The molecule has 2 heterocycles. The third-order valence-corrected chi connectivity index (χ3v) is 5.54. The van der Waals surface area contributed by atoms with Crippen LogP contribution in [0.25, 0.3) is 0 Å². The molecule has 0 radical (unpaired) electrons. The Morgan fingerprint density at radius 2 is 1.96 bits per heavy atom. The Balaban J connectivity index is 1.76. The molecular formula is C19H37N5O. The molecule has 0 bridgehead atoms. The summed E-state index contributed by atoms with van der Waals surface area (Å²) < 4.78 is 0. The quantitative estimate of drug-likeness (QED) is 0.584. The molecule has 144 valence electrons. The SMILES string of the molecule is CN=C(NCC(C)N1CCCCC1C)NC1CCN(C(=O)C(C)C)C1. The number of nitrogens with zero attached hydrogens (tertiary/aromatic N) is 3. The molecule has 2 saturated heterocycles. The van der Waals surface area contributed by atoms with E-state index in [1.807, 2.05) is 25.8 Å². The first-order valence-electron chi connectivity index (χ1n) is 9.94. The molecule has 3 atom stereocenters. The van der Waals surface area contributed by atoms with Gasteiger partial charge in [-0.2, -0.15) is 0 Å². The standard InChI is InChI=1S/C19H37N5O/c1-14(2)18(25)23-11-9-17(13-23)22-19(20-5)21-12-16(4)24-10-7-6-8-15(24)3/h14-17H,6-13H2,1-5H3,(H2,20,21,22). The first-order valence-corrected chi connectivity index (χ1v) is 9.94. The van der Waals surface area contributed by atoms with Gasteiger partial charge < -0.3 is 15.5 Å². The van der Waals surface area contributed by atoms with Crippen molar-refractivity contribution < 1.29 is 4.79 Å². The van der Waals surface area contributed by atoms with E-state index in [-0.39, 0.29) is 17.9 Å². The molecule has 6 heteroatoms. The summed E-state index contributed by atoms with van der Waals surface area (Å²) >= 11 is 0. The van der Waals surface area contributed by atoms with Crippen molar-refractivity contribution in [2.45, 2.75) is 71.5 Å². The fourth-order valence-electron chi connectivity index (χ4n) is 3.97. The lowest BCUT2D eigenvalue weighted by atomic mass is 10.0. The van der Waals surface area contributed by atoms with E-state index in [0.717, 1.165) is 32.0 Å². The molecule has 2 aliphatic rings. The molecular weight excluding hydrogens is 314 g/mol. The van der Waals surface area contributed by atoms with Gasteiger partial charge in [-0.3, -0.25) is 14.7 Å². The topological polar surface area (TPSA) is 60.0 Å². The van der Waals surface area contributed by atoms with E-state index in [1.165, 1.54) is 25.8 Å². The second-order valence-electron chi connectivity index (χ2n) is 7.95. The second kappa shape index (κ2) is 9.41. The fraction of sp³-hybridized carbons (Fsp3) is 0.895. The molecule has 0 aromatic carbocycles. The van der Waals surface area contributed by atoms with Crippen LogP contribution in [0.4, 0.5) is 0 Å². The summed E-state index contributed by atoms with van der Waals surface area (Å²) in [7, 11) is 1.81. The molecule has 0 aliphatic carbocycles. The van der Waals surface area contributed by atoms with Crippen LogP contribution in [0.1, 0.15) is 53.4 Å². The number of likely N-dealkylation sites (tertiary alicyclic amines) is 2. The van der Waals surface area contributed by atoms with Gasteiger partial charge in [-0.1, -0.05) is 20.3 Å². The highest BCUT2D eigenvalue weighted by Crippen LogP contribution is 2.18. The molecule has 2 fully saturated rings. The van der Waals surface area contributed by atoms with E-state index >= 15 is 0 Å². The van der Waals surface area contributed by atoms with Gasteiger partial charge in [0.1, 0.15) is 0 Å². The summed E-state index contributed by atoms with van der Waals surface area (Å²) in [6.07, 6.45) is 4.95. The second-order valence-corrected chi connectivity index (χ2v) is 7.95. The van der Waals surface area contributed by atoms with E-state index < -0.39 is 0 Å². The van der Waals surface area contributed by atoms with Crippen LogP contribution in [0.3, 0.4) is 0 Å². The average molecular weight is 352 g/mol. The average Bonchev–Trinajstić information content (AvgIpc) is 3.06. The van der Waals surface area contributed by atoms with Gasteiger partial charge in [0.05, 0.1) is 0 Å². The van der Waals surface area contributed by atoms with Gasteiger partial charge in [0.2, 0.25) is 5.91 Å². The molecule has 25 heavy (non-hydrogen) atoms. The van der Waals surface area contributed by atoms with E-state index in [0.29, 0.717) is 12.1 Å². The summed E-state index contributed by atoms with van der Waals surface area (Å²) in [5, 5.41) is 6.96. The van der Waals surface area contributed by atoms with Crippen molar-refractivity contribution in [2.75, 3.05) is 33.2 Å². The van der Waals surface area contributed by atoms with Crippen LogP contribution in [0.2, 0.25) is 0 Å². The van der Waals surface area contributed by atoms with Crippen LogP contribution >= 0.6 is 0 Å². The first kappa shape index (κ1) is 20.0. The number of piperidine rings is 1. The van der Waals surface area contributed by atoms with Crippen molar-refractivity contribution in [1.82, 2.24) is 20.4 Å². The number of aliphatic imine (C=N–C) groups is 1. The molecule has 1 amide bonds. The van der Waals surface area contributed by atoms with E-state index in [9.17, 15) is 4.79 Å². The highest BCUT2D eigenvalue weighted by molar-refractivity contribution is 5.81. The number of hydrogen-bond acceptors (Lipinski definition) is 3. The molecule has 0 aromatic rings. The lowest BCUT2D eigenvalue weighted by Gasteiger charge is -2.38. The summed E-state index contributed by atoms with van der Waals surface area (Å²) in [5.74, 6) is 1.17. The summed E-state index contributed by atoms with van der Waals surface area (Å²) in [6, 6.07) is 1.46. The minimum atomic E-state index is 0.0727. The van der Waals surface area contributed by atoms with Crippen molar-refractivity contribution in [1.29, 1.82) is 0 Å². The van der Waals surface area contributed by atoms with E-state index in [4.69, 9.17) is 0 Å². The number of nitrogens with one attached hydrogen (secondary N) is 2. The van der Waals surface area contributed by atoms with Crippen LogP contribution in [-0.2, 0) is 4.79 Å². The van der Waals surface area contributed by atoms with Crippen LogP contribution in [-0.4, -0.2) is 73.0 Å². The predicted octanol–water partition coefficient (Wildman–Crippen LogP) is 1.67. The number of guanidine groups is 1. The van der Waals surface area contributed by atoms with E-state index in [2.05, 4.69) is 34.4 Å². The molecule has 0 spiro atoms. The van der Waals surface area contributed by atoms with Crippen molar-refractivity contribution >= 4 is 11.9 Å². The lowest BCUT2D eigenvalue weighted by molar-refractivity contribution is -0.133. The largest absolute Gasteiger partial charge is 0.355 e. The Kier molecular flexibility index (Phi) is 7.54. The maximum Gasteiger partial charge on any atom is 0.225 e. The number of rotatable bonds is 5. The third-order valence-electron chi connectivity index (χ3n) is 5.54. The molecule has 0 saturated carbocycles. The molecule has 3 unspecified atom stereocenters. The van der Waals surface area contributed by atoms with Crippen molar-refractivity contribution in [3.8, 4) is 0 Å². The Bertz CT molecular complexity index is 465. The lowest BCUT2D eigenvalue weighted by Crippen LogP contribution is -2.51. The van der Waals surface area contributed by atoms with Gasteiger partial charge in [0, 0.05) is 50.7 Å². The Labute approximate surface area is 153 Å². The normalized spacial score (nSPS) is 26.8. The first-order chi connectivity index (χ1) is 11.9. The van der Waals surface area contributed by atoms with Crippen molar-refractivity contribution in [3.05, 3.63) is 0 Å². The molecule has 2 rings (SSSR count). The van der Waals surface area contributed by atoms with Crippen molar-refractivity contribution in [2.24, 2.45) is 10.9 Å². The van der Waals surface area contributed by atoms with Gasteiger partial charge >= 0.3 is 0 Å². The Hall–Kier alpha value is -1.30. The zero-order chi connectivity index (χ0) is 18.4. The third kappa shape index (κ3) is 5.59. The van der Waals surface area contributed by atoms with E-state index in [1.54, 1.807) is 0 Å². The Morgan fingerprint density at radius 3 is 2.60 bits per heavy atom. The fourth-order valence-corrected chi connectivity index (χ4v) is 3.97. The van der Waals surface area contributed by atoms with Crippen LogP contribution in [0, 0.1) is 5.92 Å². The zero-order valence-corrected chi connectivity index (χ0v) is 16.7. The van der Waals surface area contributed by atoms with Gasteiger partial charge in [-0.25, -0.2) is 0 Å². The maximum absolute atomic E-state index is 12.1. The van der Waals surface area contributed by atoms with Gasteiger partial charge in [0.15, 0.2) is 5.96 Å². The number of hydrogen-bond donors (Lipinski definition) is 2. The number of carbonyl (C=O) groups excluding carboxylic acids is 1. The van der Waals surface area contributed by atoms with Crippen LogP contribution in [0.15, 0.2) is 4.99 Å². The predicted molar refractivity (Wildman–Crippen MR) is 104 cm³/mol. The van der Waals surface area contributed by atoms with Crippen molar-refractivity contribution in [3.63, 3.8) is 0 Å². The minimum Gasteiger partial charge on any atom is -0.355 e. The van der Waals surface area contributed by atoms with Crippen LogP contribution in [0.5, 0.6) is 0 Å². The number of amides is 1. The monoisotopic (exact) mass is 351 g/mol.